The number of carbonyl (C=O) groups excluding carboxylic acids is 5. The fourth-order valence-electron chi connectivity index (χ4n) is 5.77. The van der Waals surface area contributed by atoms with E-state index in [-0.39, 0.29) is 57.2 Å². The molecule has 0 bridgehead atoms. The number of carbonyl (C=O) groups is 5. The van der Waals surface area contributed by atoms with Crippen molar-refractivity contribution in [3.8, 4) is 0 Å². The zero-order chi connectivity index (χ0) is 42.0. The first-order valence-electron chi connectivity index (χ1n) is 19.4. The summed E-state index contributed by atoms with van der Waals surface area (Å²) in [5.74, 6) is -3.35. The molecule has 0 radical (unpaired) electrons. The van der Waals surface area contributed by atoms with E-state index in [4.69, 9.17) is 28.7 Å². The van der Waals surface area contributed by atoms with Gasteiger partial charge in [0, 0.05) is 25.2 Å². The van der Waals surface area contributed by atoms with Gasteiger partial charge >= 0.3 is 0 Å². The summed E-state index contributed by atoms with van der Waals surface area (Å²) >= 11 is 0. The number of rotatable bonds is 27. The van der Waals surface area contributed by atoms with Crippen molar-refractivity contribution < 1.29 is 29.1 Å². The molecule has 0 saturated heterocycles. The highest BCUT2D eigenvalue weighted by Crippen LogP contribution is 2.11. The van der Waals surface area contributed by atoms with Crippen LogP contribution in [0.5, 0.6) is 0 Å². The van der Waals surface area contributed by atoms with Gasteiger partial charge in [-0.1, -0.05) is 68.3 Å². The third kappa shape index (κ3) is 19.1. The van der Waals surface area contributed by atoms with Gasteiger partial charge in [-0.25, -0.2) is 0 Å². The maximum Gasteiger partial charge on any atom is 0.251 e. The topological polar surface area (TPSA) is 321 Å². The van der Waals surface area contributed by atoms with Gasteiger partial charge in [0.15, 0.2) is 18.0 Å². The van der Waals surface area contributed by atoms with E-state index in [2.05, 4.69) is 36.6 Å². The summed E-state index contributed by atoms with van der Waals surface area (Å²) in [6, 6.07) is 13.2. The Morgan fingerprint density at radius 2 is 1.11 bits per heavy atom. The van der Waals surface area contributed by atoms with E-state index in [1.54, 1.807) is 30.3 Å². The van der Waals surface area contributed by atoms with Gasteiger partial charge in [0.1, 0.15) is 18.1 Å². The van der Waals surface area contributed by atoms with Crippen molar-refractivity contribution in [1.82, 2.24) is 26.6 Å². The number of unbranched alkanes of at least 4 members (excludes halogenated alkanes) is 2. The molecule has 18 heteroatoms. The number of nitrogens with zero attached hydrogens (tertiary/aromatic N) is 2. The van der Waals surface area contributed by atoms with Crippen LogP contribution in [0.2, 0.25) is 0 Å². The van der Waals surface area contributed by atoms with Crippen LogP contribution in [-0.4, -0.2) is 96.5 Å². The smallest absolute Gasteiger partial charge is 0.251 e. The molecule has 1 unspecified atom stereocenters. The number of hydrogen-bond donors (Lipinski definition) is 11. The number of benzene rings is 2. The van der Waals surface area contributed by atoms with Gasteiger partial charge in [0.2, 0.25) is 17.7 Å². The Balaban J connectivity index is 2.32. The largest absolute Gasteiger partial charge is 0.381 e. The Morgan fingerprint density at radius 1 is 0.614 bits per heavy atom. The maximum absolute atomic E-state index is 14.0. The fourth-order valence-corrected chi connectivity index (χ4v) is 5.77. The van der Waals surface area contributed by atoms with Gasteiger partial charge < -0.3 is 60.4 Å². The van der Waals surface area contributed by atoms with Crippen molar-refractivity contribution in [2.45, 2.75) is 108 Å². The van der Waals surface area contributed by atoms with E-state index >= 15 is 0 Å². The lowest BCUT2D eigenvalue weighted by Crippen LogP contribution is -2.58. The van der Waals surface area contributed by atoms with Crippen molar-refractivity contribution >= 4 is 41.5 Å². The van der Waals surface area contributed by atoms with Crippen LogP contribution in [0, 0.1) is 0 Å². The summed E-state index contributed by atoms with van der Waals surface area (Å²) in [5.41, 5.74) is 28.8. The molecule has 18 nitrogen and oxygen atoms in total. The van der Waals surface area contributed by atoms with Crippen LogP contribution in [0.25, 0.3) is 0 Å². The quantitative estimate of drug-likeness (QED) is 0.0307. The van der Waals surface area contributed by atoms with Crippen LogP contribution in [0.1, 0.15) is 87.1 Å². The number of guanidine groups is 2. The molecular weight excluding hydrogens is 733 g/mol. The summed E-state index contributed by atoms with van der Waals surface area (Å²) in [5, 5.41) is 24.9. The number of aliphatic imine (C=N–C) groups is 2. The molecule has 57 heavy (non-hydrogen) atoms. The second kappa shape index (κ2) is 27.0. The van der Waals surface area contributed by atoms with Crippen molar-refractivity contribution in [2.75, 3.05) is 19.6 Å². The first-order valence-corrected chi connectivity index (χ1v) is 19.4. The van der Waals surface area contributed by atoms with Crippen LogP contribution in [0.4, 0.5) is 0 Å². The molecule has 0 aliphatic rings. The Hall–Kier alpha value is -5.75. The average molecular weight is 795 g/mol. The summed E-state index contributed by atoms with van der Waals surface area (Å²) in [4.78, 5) is 75.7. The molecule has 16 N–H and O–H groups in total. The highest BCUT2D eigenvalue weighted by molar-refractivity contribution is 5.98. The average Bonchev–Trinajstić information content (AvgIpc) is 3.20. The van der Waals surface area contributed by atoms with E-state index in [0.717, 1.165) is 12.0 Å². The van der Waals surface area contributed by atoms with Gasteiger partial charge in [-0.05, 0) is 75.6 Å². The molecule has 2 aromatic carbocycles. The number of nitrogens with one attached hydrogen (secondary N) is 5. The van der Waals surface area contributed by atoms with E-state index < -0.39 is 59.8 Å². The number of amides is 5. The molecule has 0 spiro atoms. The minimum absolute atomic E-state index is 0.0566. The molecule has 0 heterocycles. The lowest BCUT2D eigenvalue weighted by Gasteiger charge is -2.28. The predicted octanol–water partition coefficient (Wildman–Crippen LogP) is -0.657. The number of hydrogen-bond acceptors (Lipinski definition) is 9. The Labute approximate surface area is 334 Å². The SMILES string of the molecule is CCCC[C@H](NC(=O)c1ccccc1)C(=O)N[C@@H](CCCCN)C(=O)N[C@@H](CCCN=C(N)N)C(=O)N[C@@H](CCCN=C(N)N)C(O)C(=O)NCc1ccccc1. The van der Waals surface area contributed by atoms with E-state index in [1.165, 1.54) is 0 Å². The van der Waals surface area contributed by atoms with Gasteiger partial charge in [0.05, 0.1) is 6.04 Å². The molecule has 0 saturated carbocycles. The van der Waals surface area contributed by atoms with E-state index in [1.807, 2.05) is 37.3 Å². The standard InChI is InChI=1S/C39H62N12O6/c1-2-3-18-29(49-33(53)27-16-8-5-9-17-27)35(55)50-30(19-10-11-22-40)36(56)51-31(21-13-24-46-39(43)44)34(54)48-28(20-12-23-45-38(41)42)32(52)37(57)47-25-26-14-6-4-7-15-26/h4-9,14-17,28-32,52H,2-3,10-13,18-25,40H2,1H3,(H,47,57)(H,48,54)(H,49,53)(H,50,55)(H,51,56)(H4,41,42,45)(H4,43,44,46)/t28-,29-,30-,31-,32?/m0/s1. The van der Waals surface area contributed by atoms with Gasteiger partial charge in [-0.2, -0.15) is 0 Å². The minimum Gasteiger partial charge on any atom is -0.381 e. The second-order valence-electron chi connectivity index (χ2n) is 13.6. The number of aliphatic hydroxyl groups is 1. The summed E-state index contributed by atoms with van der Waals surface area (Å²) in [7, 11) is 0. The monoisotopic (exact) mass is 794 g/mol. The van der Waals surface area contributed by atoms with Crippen LogP contribution in [0.15, 0.2) is 70.6 Å². The van der Waals surface area contributed by atoms with Crippen molar-refractivity contribution in [3.05, 3.63) is 71.8 Å². The van der Waals surface area contributed by atoms with Gasteiger partial charge in [0.25, 0.3) is 11.8 Å². The normalized spacial score (nSPS) is 13.4. The fraction of sp³-hybridized carbons (Fsp3) is 0.513. The van der Waals surface area contributed by atoms with E-state index in [0.29, 0.717) is 44.2 Å². The van der Waals surface area contributed by atoms with Crippen molar-refractivity contribution in [2.24, 2.45) is 38.7 Å². The van der Waals surface area contributed by atoms with Crippen LogP contribution >= 0.6 is 0 Å². The Bertz CT molecular complexity index is 1590. The van der Waals surface area contributed by atoms with Crippen LogP contribution in [0.3, 0.4) is 0 Å². The summed E-state index contributed by atoms with van der Waals surface area (Å²) < 4.78 is 0. The van der Waals surface area contributed by atoms with Crippen LogP contribution in [-0.2, 0) is 25.7 Å². The molecular formula is C39H62N12O6. The highest BCUT2D eigenvalue weighted by Gasteiger charge is 2.33. The minimum atomic E-state index is -1.68. The molecule has 5 amide bonds. The molecule has 0 aromatic heterocycles. The zero-order valence-corrected chi connectivity index (χ0v) is 32.8. The first-order chi connectivity index (χ1) is 27.4. The van der Waals surface area contributed by atoms with Gasteiger partial charge in [-0.15, -0.1) is 0 Å². The Morgan fingerprint density at radius 3 is 1.65 bits per heavy atom. The molecule has 0 fully saturated rings. The second-order valence-corrected chi connectivity index (χ2v) is 13.6. The van der Waals surface area contributed by atoms with Crippen molar-refractivity contribution in [1.29, 1.82) is 0 Å². The Kier molecular flexibility index (Phi) is 22.4. The summed E-state index contributed by atoms with van der Waals surface area (Å²) in [6.07, 6.45) is 2.01. The van der Waals surface area contributed by atoms with Crippen LogP contribution < -0.4 is 55.3 Å². The maximum atomic E-state index is 14.0. The first kappa shape index (κ1) is 47.4. The lowest BCUT2D eigenvalue weighted by atomic mass is 10.0. The third-order valence-electron chi connectivity index (χ3n) is 8.92. The van der Waals surface area contributed by atoms with Gasteiger partial charge in [-0.3, -0.25) is 34.0 Å². The van der Waals surface area contributed by atoms with Crippen molar-refractivity contribution in [3.63, 3.8) is 0 Å². The third-order valence-corrected chi connectivity index (χ3v) is 8.92. The molecule has 2 aromatic rings. The predicted molar refractivity (Wildman–Crippen MR) is 220 cm³/mol. The molecule has 0 aliphatic carbocycles. The molecule has 0 aliphatic heterocycles. The highest BCUT2D eigenvalue weighted by atomic mass is 16.3. The number of nitrogens with two attached hydrogens (primary N) is 5. The molecule has 5 atom stereocenters. The summed E-state index contributed by atoms with van der Waals surface area (Å²) in [6.45, 7) is 2.77. The number of aliphatic hydroxyl groups excluding tert-OH is 1. The lowest BCUT2D eigenvalue weighted by molar-refractivity contribution is -0.135. The molecule has 2 rings (SSSR count). The van der Waals surface area contributed by atoms with E-state index in [9.17, 15) is 29.1 Å². The zero-order valence-electron chi connectivity index (χ0n) is 32.8. The molecule has 314 valence electrons.